The van der Waals surface area contributed by atoms with Crippen LogP contribution in [0.15, 0.2) is 259 Å². The molecule has 0 fully saturated rings. The number of rotatable bonds is 9. The lowest BCUT2D eigenvalue weighted by atomic mass is 9.95. The minimum atomic E-state index is 0.906. The average molecular weight is 883 g/mol. The van der Waals surface area contributed by atoms with Gasteiger partial charge in [0.15, 0.2) is 0 Å². The second kappa shape index (κ2) is 17.1. The summed E-state index contributed by atoms with van der Waals surface area (Å²) in [6.45, 7) is 0. The van der Waals surface area contributed by atoms with Crippen LogP contribution >= 0.6 is 0 Å². The van der Waals surface area contributed by atoms with Gasteiger partial charge in [-0.05, 0) is 106 Å². The first-order valence-electron chi connectivity index (χ1n) is 23.9. The molecular formula is C66H46N2O. The van der Waals surface area contributed by atoms with Gasteiger partial charge in [-0.3, -0.25) is 0 Å². The van der Waals surface area contributed by atoms with Crippen molar-refractivity contribution in [2.75, 3.05) is 4.90 Å². The summed E-state index contributed by atoms with van der Waals surface area (Å²) in [4.78, 5) is 2.41. The largest absolute Gasteiger partial charge is 0.455 e. The zero-order valence-corrected chi connectivity index (χ0v) is 38.0. The van der Waals surface area contributed by atoms with Crippen LogP contribution in [0.5, 0.6) is 0 Å². The Morgan fingerprint density at radius 1 is 0.348 bits per heavy atom. The molecule has 3 nitrogen and oxygen atoms in total. The monoisotopic (exact) mass is 882 g/mol. The van der Waals surface area contributed by atoms with Gasteiger partial charge in [0.1, 0.15) is 11.2 Å². The van der Waals surface area contributed by atoms with E-state index < -0.39 is 0 Å². The fourth-order valence-corrected chi connectivity index (χ4v) is 10.6. The zero-order chi connectivity index (χ0) is 45.7. The standard InChI is InChI=1S/C66H46N2O/c1-2-16-45(17-3-1)46-32-34-48(35-33-46)54-20-4-9-27-61(54)67(52-40-36-47(37-41-52)50-18-14-19-51(44-50)56-25-15-26-60-59-24-8-13-31-65(59)69-66(56)60)53-42-38-49(39-43-53)55-21-5-10-28-62(55)68-63-29-11-6-22-57(63)58-23-7-12-30-64(58)68/h1-4,6-9,11-44H,5,10H2. The Kier molecular flexibility index (Phi) is 9.98. The summed E-state index contributed by atoms with van der Waals surface area (Å²) in [5.74, 6) is 0. The highest BCUT2D eigenvalue weighted by atomic mass is 16.3. The average Bonchev–Trinajstić information content (AvgIpc) is 3.98. The van der Waals surface area contributed by atoms with E-state index in [4.69, 9.17) is 4.42 Å². The molecule has 326 valence electrons. The molecule has 0 unspecified atom stereocenters. The normalized spacial score (nSPS) is 12.7. The number of anilines is 3. The second-order valence-electron chi connectivity index (χ2n) is 17.9. The first-order valence-corrected chi connectivity index (χ1v) is 23.9. The zero-order valence-electron chi connectivity index (χ0n) is 38.0. The third-order valence-corrected chi connectivity index (χ3v) is 13.9. The summed E-state index contributed by atoms with van der Waals surface area (Å²) in [6.07, 6.45) is 6.85. The first kappa shape index (κ1) is 40.4. The molecular weight excluding hydrogens is 837 g/mol. The lowest BCUT2D eigenvalue weighted by Crippen LogP contribution is -2.11. The molecule has 1 aliphatic carbocycles. The molecule has 2 aromatic heterocycles. The van der Waals surface area contributed by atoms with Gasteiger partial charge in [0.05, 0.1) is 16.7 Å². The number of nitrogens with zero attached hydrogens (tertiary/aromatic N) is 2. The Morgan fingerprint density at radius 2 is 0.855 bits per heavy atom. The van der Waals surface area contributed by atoms with Crippen molar-refractivity contribution in [3.63, 3.8) is 0 Å². The molecule has 3 heteroatoms. The van der Waals surface area contributed by atoms with E-state index >= 15 is 0 Å². The maximum absolute atomic E-state index is 6.46. The van der Waals surface area contributed by atoms with Crippen molar-refractivity contribution < 1.29 is 4.42 Å². The number of fused-ring (bicyclic) bond motifs is 6. The molecule has 0 atom stereocenters. The van der Waals surface area contributed by atoms with Crippen LogP contribution in [0.25, 0.3) is 99.5 Å². The van der Waals surface area contributed by atoms with E-state index in [9.17, 15) is 0 Å². The van der Waals surface area contributed by atoms with Crippen molar-refractivity contribution in [3.05, 3.63) is 260 Å². The molecule has 0 saturated heterocycles. The number of benzene rings is 10. The lowest BCUT2D eigenvalue weighted by molar-refractivity contribution is 0.670. The maximum Gasteiger partial charge on any atom is 0.143 e. The predicted molar refractivity (Wildman–Crippen MR) is 291 cm³/mol. The molecule has 0 amide bonds. The molecule has 2 heterocycles. The lowest BCUT2D eigenvalue weighted by Gasteiger charge is -2.28. The molecule has 12 aromatic rings. The number of para-hydroxylation sites is 5. The molecule has 1 aliphatic rings. The number of aromatic nitrogens is 1. The van der Waals surface area contributed by atoms with Crippen molar-refractivity contribution in [3.8, 4) is 44.5 Å². The maximum atomic E-state index is 6.46. The van der Waals surface area contributed by atoms with E-state index in [-0.39, 0.29) is 0 Å². The Morgan fingerprint density at radius 3 is 1.61 bits per heavy atom. The van der Waals surface area contributed by atoms with Crippen molar-refractivity contribution in [1.82, 2.24) is 4.57 Å². The summed E-state index contributed by atoms with van der Waals surface area (Å²) in [5.41, 5.74) is 20.5. The highest BCUT2D eigenvalue weighted by Gasteiger charge is 2.22. The van der Waals surface area contributed by atoms with Crippen LogP contribution in [-0.2, 0) is 0 Å². The van der Waals surface area contributed by atoms with Gasteiger partial charge in [0, 0.05) is 55.3 Å². The van der Waals surface area contributed by atoms with Gasteiger partial charge in [0.25, 0.3) is 0 Å². The highest BCUT2D eigenvalue weighted by Crippen LogP contribution is 2.44. The van der Waals surface area contributed by atoms with Gasteiger partial charge < -0.3 is 13.9 Å². The van der Waals surface area contributed by atoms with Gasteiger partial charge in [-0.25, -0.2) is 0 Å². The third-order valence-electron chi connectivity index (χ3n) is 13.9. The molecule has 0 radical (unpaired) electrons. The summed E-state index contributed by atoms with van der Waals surface area (Å²) in [5, 5.41) is 4.82. The molecule has 0 aliphatic heterocycles. The number of allylic oxidation sites excluding steroid dienone is 4. The molecule has 0 N–H and O–H groups in total. The molecule has 10 aromatic carbocycles. The van der Waals surface area contributed by atoms with Crippen molar-refractivity contribution in [2.24, 2.45) is 0 Å². The summed E-state index contributed by atoms with van der Waals surface area (Å²) in [7, 11) is 0. The van der Waals surface area contributed by atoms with Crippen LogP contribution in [0.1, 0.15) is 18.4 Å². The van der Waals surface area contributed by atoms with Gasteiger partial charge in [0.2, 0.25) is 0 Å². The Bertz CT molecular complexity index is 3870. The minimum absolute atomic E-state index is 0.906. The van der Waals surface area contributed by atoms with E-state index in [1.165, 1.54) is 49.8 Å². The molecule has 0 spiro atoms. The Hall–Kier alpha value is -8.92. The van der Waals surface area contributed by atoms with E-state index in [0.29, 0.717) is 0 Å². The van der Waals surface area contributed by atoms with Crippen LogP contribution in [0, 0.1) is 0 Å². The van der Waals surface area contributed by atoms with Crippen LogP contribution in [0.4, 0.5) is 17.1 Å². The van der Waals surface area contributed by atoms with Crippen molar-refractivity contribution in [1.29, 1.82) is 0 Å². The topological polar surface area (TPSA) is 21.3 Å². The molecule has 13 rings (SSSR count). The molecule has 69 heavy (non-hydrogen) atoms. The number of furan rings is 1. The molecule has 0 bridgehead atoms. The van der Waals surface area contributed by atoms with E-state index in [2.05, 4.69) is 252 Å². The summed E-state index contributed by atoms with van der Waals surface area (Å²) < 4.78 is 8.92. The van der Waals surface area contributed by atoms with E-state index in [1.807, 2.05) is 12.1 Å². The van der Waals surface area contributed by atoms with Crippen molar-refractivity contribution >= 4 is 72.1 Å². The quantitative estimate of drug-likeness (QED) is 0.144. The third kappa shape index (κ3) is 7.15. The van der Waals surface area contributed by atoms with Gasteiger partial charge in [-0.1, -0.05) is 200 Å². The fraction of sp³-hybridized carbons (Fsp3) is 0.0303. The highest BCUT2D eigenvalue weighted by molar-refractivity contribution is 6.14. The number of hydrogen-bond acceptors (Lipinski definition) is 2. The predicted octanol–water partition coefficient (Wildman–Crippen LogP) is 18.5. The molecule has 0 saturated carbocycles. The van der Waals surface area contributed by atoms with Crippen LogP contribution < -0.4 is 4.90 Å². The van der Waals surface area contributed by atoms with Crippen LogP contribution in [-0.4, -0.2) is 4.57 Å². The number of hydrogen-bond donors (Lipinski definition) is 0. The van der Waals surface area contributed by atoms with Crippen LogP contribution in [0.2, 0.25) is 0 Å². The Labute approximate surface area is 401 Å². The fourth-order valence-electron chi connectivity index (χ4n) is 10.6. The van der Waals surface area contributed by atoms with Gasteiger partial charge in [-0.2, -0.15) is 0 Å². The van der Waals surface area contributed by atoms with E-state index in [1.54, 1.807) is 0 Å². The minimum Gasteiger partial charge on any atom is -0.455 e. The van der Waals surface area contributed by atoms with Crippen molar-refractivity contribution in [2.45, 2.75) is 12.8 Å². The second-order valence-corrected chi connectivity index (χ2v) is 17.9. The summed E-state index contributed by atoms with van der Waals surface area (Å²) in [6, 6.07) is 87.7. The summed E-state index contributed by atoms with van der Waals surface area (Å²) >= 11 is 0. The SMILES string of the molecule is C1=C(c2ccc(N(c3ccc(-c4cccc(-c5cccc6c5oc5ccccc56)c4)cc3)c3ccccc3-c3ccc(-c4ccccc4)cc3)cc2)C(n2c3ccccc3c3ccccc32)=CCC1. The van der Waals surface area contributed by atoms with E-state index in [0.717, 1.165) is 85.2 Å². The van der Waals surface area contributed by atoms with Gasteiger partial charge in [-0.15, -0.1) is 0 Å². The smallest absolute Gasteiger partial charge is 0.143 e. The van der Waals surface area contributed by atoms with Gasteiger partial charge >= 0.3 is 0 Å². The van der Waals surface area contributed by atoms with Crippen LogP contribution in [0.3, 0.4) is 0 Å². The first-order chi connectivity index (χ1) is 34.2. The Balaban J connectivity index is 0.892.